The van der Waals surface area contributed by atoms with Crippen LogP contribution in [-0.2, 0) is 17.8 Å². The maximum atomic E-state index is 13.1. The van der Waals surface area contributed by atoms with Gasteiger partial charge in [-0.2, -0.15) is 0 Å². The summed E-state index contributed by atoms with van der Waals surface area (Å²) in [7, 11) is 0. The van der Waals surface area contributed by atoms with Gasteiger partial charge in [0.15, 0.2) is 0 Å². The number of hydrogen-bond donors (Lipinski definition) is 1. The molecule has 0 spiro atoms. The van der Waals surface area contributed by atoms with Crippen molar-refractivity contribution in [2.45, 2.75) is 39.8 Å². The number of nitrogens with one attached hydrogen (secondary N) is 1. The predicted octanol–water partition coefficient (Wildman–Crippen LogP) is 4.61. The fraction of sp³-hybridized carbons (Fsp3) is 0.280. The monoisotopic (exact) mass is 418 g/mol. The third-order valence-electron chi connectivity index (χ3n) is 4.99. The molecular formula is C25H26N2O2S. The molecular weight excluding hydrogens is 392 g/mol. The molecule has 0 aliphatic rings. The number of carbonyl (C=O) groups is 2. The van der Waals surface area contributed by atoms with Crippen LogP contribution in [0.2, 0.25) is 0 Å². The fourth-order valence-electron chi connectivity index (χ4n) is 3.42. The number of nitrogens with zero attached hydrogens (tertiary/aromatic N) is 1. The van der Waals surface area contributed by atoms with Gasteiger partial charge in [0.25, 0.3) is 5.91 Å². The van der Waals surface area contributed by atoms with Gasteiger partial charge in [-0.1, -0.05) is 36.3 Å². The van der Waals surface area contributed by atoms with Gasteiger partial charge in [-0.05, 0) is 48.6 Å². The minimum absolute atomic E-state index is 0.0132. The van der Waals surface area contributed by atoms with E-state index in [9.17, 15) is 9.59 Å². The second-order valence-electron chi connectivity index (χ2n) is 7.52. The van der Waals surface area contributed by atoms with Gasteiger partial charge < -0.3 is 10.2 Å². The first kappa shape index (κ1) is 21.6. The lowest BCUT2D eigenvalue weighted by atomic mass is 10.0. The Balaban J connectivity index is 2.04. The fourth-order valence-corrected chi connectivity index (χ4v) is 4.65. The van der Waals surface area contributed by atoms with Crippen molar-refractivity contribution < 1.29 is 9.59 Å². The van der Waals surface area contributed by atoms with Crippen molar-refractivity contribution in [2.75, 3.05) is 6.54 Å². The molecule has 2 aromatic carbocycles. The Morgan fingerprint density at radius 1 is 1.17 bits per heavy atom. The zero-order valence-corrected chi connectivity index (χ0v) is 18.4. The lowest BCUT2D eigenvalue weighted by Gasteiger charge is -2.24. The zero-order chi connectivity index (χ0) is 21.7. The van der Waals surface area contributed by atoms with Crippen LogP contribution in [0.3, 0.4) is 0 Å². The first-order valence-electron chi connectivity index (χ1n) is 9.97. The summed E-state index contributed by atoms with van der Waals surface area (Å²) in [5.41, 5.74) is 2.89. The van der Waals surface area contributed by atoms with E-state index in [1.807, 2.05) is 50.2 Å². The van der Waals surface area contributed by atoms with E-state index in [2.05, 4.69) is 23.4 Å². The lowest BCUT2D eigenvalue weighted by Crippen LogP contribution is -2.37. The second kappa shape index (κ2) is 9.60. The summed E-state index contributed by atoms with van der Waals surface area (Å²) >= 11 is 1.71. The number of benzene rings is 2. The normalized spacial score (nSPS) is 10.8. The number of terminal acetylenes is 1. The molecule has 0 aliphatic heterocycles. The average Bonchev–Trinajstić information content (AvgIpc) is 3.06. The molecule has 1 N–H and O–H groups in total. The largest absolute Gasteiger partial charge is 0.352 e. The number of hydrogen-bond acceptors (Lipinski definition) is 3. The van der Waals surface area contributed by atoms with E-state index < -0.39 is 0 Å². The summed E-state index contributed by atoms with van der Waals surface area (Å²) in [6.45, 7) is 6.14. The minimum Gasteiger partial charge on any atom is -0.352 e. The Morgan fingerprint density at radius 2 is 1.90 bits per heavy atom. The van der Waals surface area contributed by atoms with Crippen molar-refractivity contribution in [1.29, 1.82) is 0 Å². The lowest BCUT2D eigenvalue weighted by molar-refractivity contribution is -0.119. The van der Waals surface area contributed by atoms with E-state index in [0.29, 0.717) is 12.1 Å². The van der Waals surface area contributed by atoms with Gasteiger partial charge in [0, 0.05) is 41.1 Å². The highest BCUT2D eigenvalue weighted by molar-refractivity contribution is 7.19. The van der Waals surface area contributed by atoms with Gasteiger partial charge in [-0.25, -0.2) is 0 Å². The number of thiophene rings is 1. The van der Waals surface area contributed by atoms with Crippen LogP contribution in [-0.4, -0.2) is 29.3 Å². The Hall–Kier alpha value is -3.10. The van der Waals surface area contributed by atoms with Crippen molar-refractivity contribution in [2.24, 2.45) is 0 Å². The van der Waals surface area contributed by atoms with Crippen LogP contribution in [0.1, 0.15) is 47.1 Å². The van der Waals surface area contributed by atoms with Crippen LogP contribution < -0.4 is 5.32 Å². The molecule has 1 heterocycles. The van der Waals surface area contributed by atoms with Crippen LogP contribution in [0.25, 0.3) is 10.1 Å². The second-order valence-corrected chi connectivity index (χ2v) is 8.65. The van der Waals surface area contributed by atoms with Crippen molar-refractivity contribution in [1.82, 2.24) is 10.2 Å². The van der Waals surface area contributed by atoms with Crippen LogP contribution in [0.5, 0.6) is 0 Å². The van der Waals surface area contributed by atoms with Crippen LogP contribution >= 0.6 is 11.3 Å². The molecule has 5 heteroatoms. The molecule has 0 aliphatic carbocycles. The van der Waals surface area contributed by atoms with Crippen LogP contribution in [0.15, 0.2) is 48.5 Å². The van der Waals surface area contributed by atoms with E-state index in [4.69, 9.17) is 6.42 Å². The molecule has 2 amide bonds. The van der Waals surface area contributed by atoms with E-state index >= 15 is 0 Å². The summed E-state index contributed by atoms with van der Waals surface area (Å²) in [6, 6.07) is 16.1. The Morgan fingerprint density at radius 3 is 2.53 bits per heavy atom. The SMILES string of the molecule is C#CCN(C(=O)c1ccc2sc(Cc3ccccc3)c(CNC(C)=O)c2c1)C(C)C. The highest BCUT2D eigenvalue weighted by atomic mass is 32.1. The zero-order valence-electron chi connectivity index (χ0n) is 17.6. The van der Waals surface area contributed by atoms with Gasteiger partial charge in [-0.15, -0.1) is 17.8 Å². The van der Waals surface area contributed by atoms with Gasteiger partial charge in [-0.3, -0.25) is 9.59 Å². The van der Waals surface area contributed by atoms with Crippen molar-refractivity contribution in [3.05, 3.63) is 70.1 Å². The number of rotatable bonds is 7. The molecule has 0 saturated heterocycles. The molecule has 3 rings (SSSR count). The molecule has 30 heavy (non-hydrogen) atoms. The minimum atomic E-state index is -0.0777. The molecule has 0 radical (unpaired) electrons. The van der Waals surface area contributed by atoms with E-state index in [0.717, 1.165) is 22.1 Å². The van der Waals surface area contributed by atoms with Crippen molar-refractivity contribution in [3.8, 4) is 12.3 Å². The molecule has 0 unspecified atom stereocenters. The molecule has 1 aromatic heterocycles. The smallest absolute Gasteiger partial charge is 0.254 e. The predicted molar refractivity (Wildman–Crippen MR) is 124 cm³/mol. The molecule has 3 aromatic rings. The summed E-state index contributed by atoms with van der Waals surface area (Å²) < 4.78 is 1.10. The van der Waals surface area contributed by atoms with Crippen molar-refractivity contribution in [3.63, 3.8) is 0 Å². The van der Waals surface area contributed by atoms with E-state index in [1.165, 1.54) is 17.4 Å². The quantitative estimate of drug-likeness (QED) is 0.570. The highest BCUT2D eigenvalue weighted by Crippen LogP contribution is 2.34. The first-order valence-corrected chi connectivity index (χ1v) is 10.8. The van der Waals surface area contributed by atoms with Gasteiger partial charge in [0.2, 0.25) is 5.91 Å². The number of carbonyl (C=O) groups excluding carboxylic acids is 2. The summed E-state index contributed by atoms with van der Waals surface area (Å²) in [5.74, 6) is 2.42. The summed E-state index contributed by atoms with van der Waals surface area (Å²) in [5, 5.41) is 3.93. The molecule has 0 fully saturated rings. The van der Waals surface area contributed by atoms with Crippen LogP contribution in [0, 0.1) is 12.3 Å². The Kier molecular flexibility index (Phi) is 6.91. The molecule has 0 atom stereocenters. The third kappa shape index (κ3) is 4.90. The average molecular weight is 419 g/mol. The van der Waals surface area contributed by atoms with E-state index in [-0.39, 0.29) is 24.4 Å². The summed E-state index contributed by atoms with van der Waals surface area (Å²) in [4.78, 5) is 27.5. The molecule has 0 bridgehead atoms. The number of amides is 2. The van der Waals surface area contributed by atoms with Crippen molar-refractivity contribution >= 4 is 33.2 Å². The standard InChI is InChI=1S/C25H26N2O2S/c1-5-13-27(17(2)3)25(29)20-11-12-23-21(15-20)22(16-26-18(4)28)24(30-23)14-19-9-7-6-8-10-19/h1,6-12,15,17H,13-14,16H2,2-4H3,(H,26,28). The first-order chi connectivity index (χ1) is 14.4. The molecule has 0 saturated carbocycles. The topological polar surface area (TPSA) is 49.4 Å². The summed E-state index contributed by atoms with van der Waals surface area (Å²) in [6.07, 6.45) is 6.25. The van der Waals surface area contributed by atoms with Gasteiger partial charge >= 0.3 is 0 Å². The molecule has 154 valence electrons. The van der Waals surface area contributed by atoms with Gasteiger partial charge in [0.1, 0.15) is 0 Å². The maximum absolute atomic E-state index is 13.1. The van der Waals surface area contributed by atoms with E-state index in [1.54, 1.807) is 16.2 Å². The third-order valence-corrected chi connectivity index (χ3v) is 6.20. The number of fused-ring (bicyclic) bond motifs is 1. The van der Waals surface area contributed by atoms with Gasteiger partial charge in [0.05, 0.1) is 6.54 Å². The highest BCUT2D eigenvalue weighted by Gasteiger charge is 2.20. The Labute approximate surface area is 181 Å². The van der Waals surface area contributed by atoms with Crippen LogP contribution in [0.4, 0.5) is 0 Å². The Bertz CT molecular complexity index is 1090. The molecule has 4 nitrogen and oxygen atoms in total. The maximum Gasteiger partial charge on any atom is 0.254 e.